The van der Waals surface area contributed by atoms with Gasteiger partial charge >= 0.3 is 17.9 Å². The lowest BCUT2D eigenvalue weighted by molar-refractivity contribution is -0.167. The number of hydrogen-bond donors (Lipinski definition) is 0. The smallest absolute Gasteiger partial charge is 0.306 e. The van der Waals surface area contributed by atoms with Crippen LogP contribution in [0.25, 0.3) is 0 Å². The summed E-state index contributed by atoms with van der Waals surface area (Å²) >= 11 is 0. The second-order valence-electron chi connectivity index (χ2n) is 22.7. The van der Waals surface area contributed by atoms with Crippen LogP contribution in [0.3, 0.4) is 0 Å². The Morgan fingerprint density at radius 2 is 0.494 bits per heavy atom. The van der Waals surface area contributed by atoms with E-state index in [1.807, 2.05) is 0 Å². The molecule has 0 aromatic carbocycles. The molecule has 0 aliphatic carbocycles. The summed E-state index contributed by atoms with van der Waals surface area (Å²) in [6.07, 6.45) is 89.0. The highest BCUT2D eigenvalue weighted by molar-refractivity contribution is 5.71. The summed E-state index contributed by atoms with van der Waals surface area (Å²) in [4.78, 5) is 38.3. The molecule has 0 fully saturated rings. The van der Waals surface area contributed by atoms with Crippen molar-refractivity contribution in [3.8, 4) is 0 Å². The fourth-order valence-corrected chi connectivity index (χ4v) is 9.80. The van der Waals surface area contributed by atoms with Crippen molar-refractivity contribution in [3.63, 3.8) is 0 Å². The van der Waals surface area contributed by atoms with E-state index in [2.05, 4.69) is 106 Å². The Balaban J connectivity index is 4.17. The van der Waals surface area contributed by atoms with Gasteiger partial charge in [0.15, 0.2) is 6.10 Å². The number of allylic oxidation sites excluding steroid dienone is 14. The lowest BCUT2D eigenvalue weighted by Crippen LogP contribution is -2.30. The molecular weight excluding hydrogens is 973 g/mol. The van der Waals surface area contributed by atoms with Crippen molar-refractivity contribution in [2.75, 3.05) is 13.2 Å². The number of ether oxygens (including phenoxy) is 3. The molecule has 0 amide bonds. The maximum absolute atomic E-state index is 12.9. The van der Waals surface area contributed by atoms with E-state index in [0.717, 1.165) is 96.3 Å². The molecule has 6 nitrogen and oxygen atoms in total. The predicted octanol–water partition coefficient (Wildman–Crippen LogP) is 23.4. The van der Waals surface area contributed by atoms with E-state index in [9.17, 15) is 14.4 Å². The first-order valence-electron chi connectivity index (χ1n) is 34.1. The molecule has 0 aliphatic heterocycles. The van der Waals surface area contributed by atoms with E-state index < -0.39 is 6.10 Å². The van der Waals surface area contributed by atoms with Crippen molar-refractivity contribution in [2.24, 2.45) is 0 Å². The molecule has 0 bridgehead atoms. The summed E-state index contributed by atoms with van der Waals surface area (Å²) in [5, 5.41) is 0. The quantitative estimate of drug-likeness (QED) is 0.0261. The van der Waals surface area contributed by atoms with Gasteiger partial charge in [0.2, 0.25) is 0 Å². The van der Waals surface area contributed by atoms with E-state index in [0.29, 0.717) is 19.3 Å². The number of carbonyl (C=O) groups is 3. The Hall–Kier alpha value is -3.41. The van der Waals surface area contributed by atoms with E-state index in [1.54, 1.807) is 0 Å². The molecule has 0 saturated carbocycles. The van der Waals surface area contributed by atoms with Gasteiger partial charge < -0.3 is 14.2 Å². The number of rotatable bonds is 62. The van der Waals surface area contributed by atoms with Crippen LogP contribution in [0.4, 0.5) is 0 Å². The lowest BCUT2D eigenvalue weighted by Gasteiger charge is -2.18. The fraction of sp³-hybridized carbons (Fsp3) is 0.767. The van der Waals surface area contributed by atoms with Crippen LogP contribution < -0.4 is 0 Å². The largest absolute Gasteiger partial charge is 0.462 e. The summed E-state index contributed by atoms with van der Waals surface area (Å²) in [6.45, 7) is 6.53. The molecule has 0 aliphatic rings. The minimum Gasteiger partial charge on any atom is -0.462 e. The summed E-state index contributed by atoms with van der Waals surface area (Å²) in [7, 11) is 0. The molecule has 1 atom stereocenters. The van der Waals surface area contributed by atoms with Gasteiger partial charge in [0.25, 0.3) is 0 Å². The van der Waals surface area contributed by atoms with Gasteiger partial charge in [-0.05, 0) is 96.3 Å². The van der Waals surface area contributed by atoms with Crippen LogP contribution in [0.5, 0.6) is 0 Å². The number of carbonyl (C=O) groups excluding carboxylic acids is 3. The Morgan fingerprint density at radius 3 is 0.772 bits per heavy atom. The van der Waals surface area contributed by atoms with Crippen molar-refractivity contribution in [2.45, 2.75) is 348 Å². The average molecular weight is 1100 g/mol. The highest BCUT2D eigenvalue weighted by Gasteiger charge is 2.19. The van der Waals surface area contributed by atoms with E-state index in [-0.39, 0.29) is 31.1 Å². The SMILES string of the molecule is CC/C=C\C/C=C\C/C=C\C/C=C\CCCCCCCCCCCCCCC(=O)OC(COC(=O)CCCCCCCCCCC)COC(=O)CCCCCCCCCCCCCC/C=C\C/C=C\C/C=C\CCCCCCC. The van der Waals surface area contributed by atoms with Crippen LogP contribution in [-0.4, -0.2) is 37.2 Å². The van der Waals surface area contributed by atoms with Gasteiger partial charge in [-0.15, -0.1) is 0 Å². The molecule has 0 heterocycles. The van der Waals surface area contributed by atoms with E-state index >= 15 is 0 Å². The molecule has 79 heavy (non-hydrogen) atoms. The highest BCUT2D eigenvalue weighted by Crippen LogP contribution is 2.17. The third-order valence-electron chi connectivity index (χ3n) is 14.9. The van der Waals surface area contributed by atoms with Gasteiger partial charge in [0.1, 0.15) is 13.2 Å². The van der Waals surface area contributed by atoms with E-state index in [1.165, 1.54) is 205 Å². The Kier molecular flexibility index (Phi) is 64.2. The summed E-state index contributed by atoms with van der Waals surface area (Å²) in [5.41, 5.74) is 0. The van der Waals surface area contributed by atoms with Gasteiger partial charge in [0, 0.05) is 19.3 Å². The van der Waals surface area contributed by atoms with Crippen LogP contribution in [0.15, 0.2) is 85.1 Å². The van der Waals surface area contributed by atoms with Crippen molar-refractivity contribution in [3.05, 3.63) is 85.1 Å². The molecule has 456 valence electrons. The number of hydrogen-bond acceptors (Lipinski definition) is 6. The van der Waals surface area contributed by atoms with Crippen LogP contribution in [0.2, 0.25) is 0 Å². The summed E-state index contributed by atoms with van der Waals surface area (Å²) < 4.78 is 16.9. The van der Waals surface area contributed by atoms with Gasteiger partial charge in [0.05, 0.1) is 0 Å². The van der Waals surface area contributed by atoms with Crippen molar-refractivity contribution < 1.29 is 28.6 Å². The maximum atomic E-state index is 12.9. The summed E-state index contributed by atoms with van der Waals surface area (Å²) in [5.74, 6) is -0.866. The molecule has 0 aromatic heterocycles. The molecule has 0 spiro atoms. The Labute approximate surface area is 490 Å². The average Bonchev–Trinajstić information content (AvgIpc) is 3.45. The first-order chi connectivity index (χ1) is 39.0. The van der Waals surface area contributed by atoms with Gasteiger partial charge in [-0.1, -0.05) is 311 Å². The highest BCUT2D eigenvalue weighted by atomic mass is 16.6. The molecule has 6 heteroatoms. The Morgan fingerprint density at radius 1 is 0.266 bits per heavy atom. The molecule has 0 radical (unpaired) electrons. The zero-order chi connectivity index (χ0) is 57.1. The fourth-order valence-electron chi connectivity index (χ4n) is 9.80. The third-order valence-corrected chi connectivity index (χ3v) is 14.9. The monoisotopic (exact) mass is 1100 g/mol. The second kappa shape index (κ2) is 67.1. The maximum Gasteiger partial charge on any atom is 0.306 e. The Bertz CT molecular complexity index is 1500. The number of esters is 3. The van der Waals surface area contributed by atoms with Crippen LogP contribution in [0.1, 0.15) is 342 Å². The zero-order valence-electron chi connectivity index (χ0n) is 52.4. The van der Waals surface area contributed by atoms with Gasteiger partial charge in [-0.2, -0.15) is 0 Å². The van der Waals surface area contributed by atoms with Crippen molar-refractivity contribution >= 4 is 17.9 Å². The zero-order valence-corrected chi connectivity index (χ0v) is 52.4. The van der Waals surface area contributed by atoms with E-state index in [4.69, 9.17) is 14.2 Å². The first kappa shape index (κ1) is 75.6. The molecule has 0 N–H and O–H groups in total. The molecular formula is C73H128O6. The molecule has 0 rings (SSSR count). The van der Waals surface area contributed by atoms with Crippen molar-refractivity contribution in [1.82, 2.24) is 0 Å². The van der Waals surface area contributed by atoms with Crippen LogP contribution in [-0.2, 0) is 28.6 Å². The van der Waals surface area contributed by atoms with Crippen LogP contribution >= 0.6 is 0 Å². The lowest BCUT2D eigenvalue weighted by atomic mass is 10.0. The van der Waals surface area contributed by atoms with Crippen LogP contribution in [0, 0.1) is 0 Å². The normalized spacial score (nSPS) is 12.6. The minimum atomic E-state index is -0.777. The van der Waals surface area contributed by atoms with Gasteiger partial charge in [-0.3, -0.25) is 14.4 Å². The topological polar surface area (TPSA) is 78.9 Å². The van der Waals surface area contributed by atoms with Gasteiger partial charge in [-0.25, -0.2) is 0 Å². The second-order valence-corrected chi connectivity index (χ2v) is 22.7. The standard InChI is InChI=1S/C73H128O6/c1-4-7-10-13-16-19-21-23-25-27-29-31-33-35-36-38-39-41-43-45-47-49-51-54-57-60-63-66-72(75)78-69-70(68-77-71(74)65-62-59-56-53-18-15-12-9-6-3)79-73(76)67-64-61-58-55-52-50-48-46-44-42-40-37-34-32-30-28-26-24-22-20-17-14-11-8-5-2/h8,11,17,20-21,23-24,26-27,29-30,32-33,35,70H,4-7,9-10,12-16,18-19,22,25,28,31,34,36-69H2,1-3H3/b11-8-,20-17-,23-21-,26-24-,29-27-,32-30-,35-33-. The molecule has 0 saturated heterocycles. The predicted molar refractivity (Wildman–Crippen MR) is 344 cm³/mol. The first-order valence-corrected chi connectivity index (χ1v) is 34.1. The molecule has 0 aromatic rings. The number of unbranched alkanes of at least 4 members (excludes halogenated alkanes) is 37. The molecule has 1 unspecified atom stereocenters. The summed E-state index contributed by atoms with van der Waals surface area (Å²) in [6, 6.07) is 0. The third kappa shape index (κ3) is 65.3. The van der Waals surface area contributed by atoms with Crippen molar-refractivity contribution in [1.29, 1.82) is 0 Å². The minimum absolute atomic E-state index is 0.0742.